The standard InChI is InChI=1S/C11H12O7S/c1-8(12)17-6-7-18-11(13)9-4-2-3-5-10(9)19(14,15)16/h2-5H,6-7H2,1H3,(H,14,15,16). The predicted octanol–water partition coefficient (Wildman–Crippen LogP) is 0.653. The van der Waals surface area contributed by atoms with Crippen molar-refractivity contribution < 1.29 is 32.0 Å². The molecule has 0 fully saturated rings. The van der Waals surface area contributed by atoms with Gasteiger partial charge in [0.1, 0.15) is 18.1 Å². The summed E-state index contributed by atoms with van der Waals surface area (Å²) in [6.45, 7) is 0.864. The van der Waals surface area contributed by atoms with Gasteiger partial charge in [0.25, 0.3) is 10.1 Å². The molecule has 0 aliphatic rings. The average molecular weight is 288 g/mol. The van der Waals surface area contributed by atoms with Crippen molar-refractivity contribution in [1.82, 2.24) is 0 Å². The summed E-state index contributed by atoms with van der Waals surface area (Å²) in [5, 5.41) is 0. The fourth-order valence-electron chi connectivity index (χ4n) is 1.26. The highest BCUT2D eigenvalue weighted by molar-refractivity contribution is 7.86. The number of benzene rings is 1. The van der Waals surface area contributed by atoms with E-state index in [1.165, 1.54) is 25.1 Å². The quantitative estimate of drug-likeness (QED) is 0.481. The van der Waals surface area contributed by atoms with Crippen molar-refractivity contribution in [3.8, 4) is 0 Å². The predicted molar refractivity (Wildman–Crippen MR) is 63.2 cm³/mol. The molecule has 0 spiro atoms. The van der Waals surface area contributed by atoms with Crippen LogP contribution in [0.4, 0.5) is 0 Å². The van der Waals surface area contributed by atoms with Crippen LogP contribution < -0.4 is 0 Å². The van der Waals surface area contributed by atoms with Crippen LogP contribution in [0.5, 0.6) is 0 Å². The molecule has 0 aliphatic heterocycles. The molecule has 8 heteroatoms. The first-order valence-corrected chi connectivity index (χ1v) is 6.63. The lowest BCUT2D eigenvalue weighted by Crippen LogP contribution is -2.15. The molecule has 7 nitrogen and oxygen atoms in total. The summed E-state index contributed by atoms with van der Waals surface area (Å²) in [4.78, 5) is 21.6. The molecule has 1 aromatic rings. The second kappa shape index (κ2) is 6.30. The maximum Gasteiger partial charge on any atom is 0.339 e. The van der Waals surface area contributed by atoms with E-state index in [0.29, 0.717) is 0 Å². The molecule has 1 N–H and O–H groups in total. The van der Waals surface area contributed by atoms with Gasteiger partial charge in [-0.05, 0) is 12.1 Å². The normalized spacial score (nSPS) is 10.8. The van der Waals surface area contributed by atoms with Crippen molar-refractivity contribution in [2.75, 3.05) is 13.2 Å². The van der Waals surface area contributed by atoms with E-state index in [0.717, 1.165) is 6.07 Å². The number of rotatable bonds is 5. The van der Waals surface area contributed by atoms with Gasteiger partial charge in [-0.25, -0.2) is 4.79 Å². The van der Waals surface area contributed by atoms with Gasteiger partial charge in [0.05, 0.1) is 5.56 Å². The highest BCUT2D eigenvalue weighted by atomic mass is 32.2. The molecule has 19 heavy (non-hydrogen) atoms. The van der Waals surface area contributed by atoms with E-state index in [-0.39, 0.29) is 18.8 Å². The average Bonchev–Trinajstić information content (AvgIpc) is 2.33. The fraction of sp³-hybridized carbons (Fsp3) is 0.273. The van der Waals surface area contributed by atoms with Crippen molar-refractivity contribution >= 4 is 22.1 Å². The van der Waals surface area contributed by atoms with Gasteiger partial charge >= 0.3 is 11.9 Å². The summed E-state index contributed by atoms with van der Waals surface area (Å²) in [6, 6.07) is 5.07. The van der Waals surface area contributed by atoms with Crippen molar-refractivity contribution in [1.29, 1.82) is 0 Å². The van der Waals surface area contributed by atoms with Crippen LogP contribution in [-0.2, 0) is 24.4 Å². The van der Waals surface area contributed by atoms with Gasteiger partial charge in [-0.1, -0.05) is 12.1 Å². The molecular weight excluding hydrogens is 276 g/mol. The molecule has 0 saturated carbocycles. The minimum absolute atomic E-state index is 0.130. The Balaban J connectivity index is 2.75. The SMILES string of the molecule is CC(=O)OCCOC(=O)c1ccccc1S(=O)(=O)O. The highest BCUT2D eigenvalue weighted by Crippen LogP contribution is 2.15. The van der Waals surface area contributed by atoms with E-state index >= 15 is 0 Å². The first-order valence-electron chi connectivity index (χ1n) is 5.19. The number of hydrogen-bond acceptors (Lipinski definition) is 6. The van der Waals surface area contributed by atoms with Crippen molar-refractivity contribution in [3.05, 3.63) is 29.8 Å². The monoisotopic (exact) mass is 288 g/mol. The van der Waals surface area contributed by atoms with Gasteiger partial charge in [0.2, 0.25) is 0 Å². The van der Waals surface area contributed by atoms with Crippen LogP contribution in [-0.4, -0.2) is 38.1 Å². The molecule has 0 heterocycles. The van der Waals surface area contributed by atoms with Crippen molar-refractivity contribution in [2.45, 2.75) is 11.8 Å². The van der Waals surface area contributed by atoms with E-state index in [1.54, 1.807) is 0 Å². The first kappa shape index (κ1) is 15.1. The maximum atomic E-state index is 11.6. The summed E-state index contributed by atoms with van der Waals surface area (Å²) < 4.78 is 40.3. The molecule has 0 aromatic heterocycles. The van der Waals surface area contributed by atoms with Crippen LogP contribution in [0, 0.1) is 0 Å². The number of ether oxygens (including phenoxy) is 2. The Kier molecular flexibility index (Phi) is 5.02. The zero-order chi connectivity index (χ0) is 14.5. The van der Waals surface area contributed by atoms with Crippen LogP contribution >= 0.6 is 0 Å². The summed E-state index contributed by atoms with van der Waals surface area (Å²) in [6.07, 6.45) is 0. The highest BCUT2D eigenvalue weighted by Gasteiger charge is 2.20. The summed E-state index contributed by atoms with van der Waals surface area (Å²) in [7, 11) is -4.51. The number of esters is 2. The summed E-state index contributed by atoms with van der Waals surface area (Å²) in [5.74, 6) is -1.45. The molecule has 0 amide bonds. The van der Waals surface area contributed by atoms with Gasteiger partial charge < -0.3 is 9.47 Å². The Hall–Kier alpha value is -1.93. The van der Waals surface area contributed by atoms with Crippen molar-refractivity contribution in [3.63, 3.8) is 0 Å². The van der Waals surface area contributed by atoms with E-state index in [4.69, 9.17) is 9.29 Å². The van der Waals surface area contributed by atoms with Crippen LogP contribution in [0.15, 0.2) is 29.2 Å². The van der Waals surface area contributed by atoms with Gasteiger partial charge in [0, 0.05) is 6.92 Å². The number of carbonyl (C=O) groups excluding carboxylic acids is 2. The maximum absolute atomic E-state index is 11.6. The number of hydrogen-bond donors (Lipinski definition) is 1. The molecule has 0 unspecified atom stereocenters. The Labute approximate surface area is 109 Å². The van der Waals surface area contributed by atoms with E-state index < -0.39 is 27.0 Å². The molecule has 1 rings (SSSR count). The van der Waals surface area contributed by atoms with Crippen LogP contribution in [0.2, 0.25) is 0 Å². The largest absolute Gasteiger partial charge is 0.462 e. The van der Waals surface area contributed by atoms with Gasteiger partial charge in [0.15, 0.2) is 0 Å². The lowest BCUT2D eigenvalue weighted by atomic mass is 10.2. The van der Waals surface area contributed by atoms with E-state index in [9.17, 15) is 18.0 Å². The van der Waals surface area contributed by atoms with E-state index in [1.807, 2.05) is 0 Å². The molecule has 0 atom stereocenters. The third-order valence-electron chi connectivity index (χ3n) is 2.01. The summed E-state index contributed by atoms with van der Waals surface area (Å²) >= 11 is 0. The lowest BCUT2D eigenvalue weighted by Gasteiger charge is -2.07. The third-order valence-corrected chi connectivity index (χ3v) is 2.92. The van der Waals surface area contributed by atoms with Gasteiger partial charge in [-0.2, -0.15) is 8.42 Å². The van der Waals surface area contributed by atoms with Gasteiger partial charge in [-0.3, -0.25) is 9.35 Å². The Morgan fingerprint density at radius 3 is 2.32 bits per heavy atom. The third kappa shape index (κ3) is 4.68. The Bertz CT molecular complexity index is 576. The molecule has 0 aliphatic carbocycles. The Morgan fingerprint density at radius 1 is 1.16 bits per heavy atom. The minimum atomic E-state index is -4.51. The summed E-state index contributed by atoms with van der Waals surface area (Å²) in [5.41, 5.74) is -0.284. The Morgan fingerprint density at radius 2 is 1.74 bits per heavy atom. The lowest BCUT2D eigenvalue weighted by molar-refractivity contribution is -0.142. The molecule has 104 valence electrons. The second-order valence-electron chi connectivity index (χ2n) is 3.45. The molecule has 1 aromatic carbocycles. The molecule has 0 radical (unpaired) electrons. The molecule has 0 bridgehead atoms. The molecule has 0 saturated heterocycles. The van der Waals surface area contributed by atoms with Crippen LogP contribution in [0.3, 0.4) is 0 Å². The molecular formula is C11H12O7S. The topological polar surface area (TPSA) is 107 Å². The second-order valence-corrected chi connectivity index (χ2v) is 4.84. The minimum Gasteiger partial charge on any atom is -0.462 e. The zero-order valence-electron chi connectivity index (χ0n) is 10.0. The zero-order valence-corrected chi connectivity index (χ0v) is 10.8. The van der Waals surface area contributed by atoms with Crippen molar-refractivity contribution in [2.24, 2.45) is 0 Å². The van der Waals surface area contributed by atoms with Crippen LogP contribution in [0.25, 0.3) is 0 Å². The number of carbonyl (C=O) groups is 2. The smallest absolute Gasteiger partial charge is 0.339 e. The van der Waals surface area contributed by atoms with Gasteiger partial charge in [-0.15, -0.1) is 0 Å². The van der Waals surface area contributed by atoms with E-state index in [2.05, 4.69) is 4.74 Å². The first-order chi connectivity index (χ1) is 8.82. The van der Waals surface area contributed by atoms with Crippen LogP contribution in [0.1, 0.15) is 17.3 Å². The fourth-order valence-corrected chi connectivity index (χ4v) is 1.94.